The van der Waals surface area contributed by atoms with Crippen molar-refractivity contribution in [3.05, 3.63) is 51.9 Å². The Labute approximate surface area is 137 Å². The SMILES string of the molecule is COCC(=O)Oc1c(C)c(-c2cc3ccccc3o2)oc(=O)c1C. The maximum absolute atomic E-state index is 12.1. The Balaban J connectivity index is 2.13. The summed E-state index contributed by atoms with van der Waals surface area (Å²) in [4.78, 5) is 23.8. The lowest BCUT2D eigenvalue weighted by Gasteiger charge is -2.11. The van der Waals surface area contributed by atoms with Crippen LogP contribution in [0.3, 0.4) is 0 Å². The molecule has 0 spiro atoms. The third-order valence-electron chi connectivity index (χ3n) is 3.65. The molecule has 6 heteroatoms. The van der Waals surface area contributed by atoms with Crippen molar-refractivity contribution in [2.75, 3.05) is 13.7 Å². The van der Waals surface area contributed by atoms with Gasteiger partial charge in [0.1, 0.15) is 17.9 Å². The Kier molecular flexibility index (Phi) is 4.22. The van der Waals surface area contributed by atoms with Crippen LogP contribution < -0.4 is 10.4 Å². The van der Waals surface area contributed by atoms with Crippen LogP contribution >= 0.6 is 0 Å². The highest BCUT2D eigenvalue weighted by atomic mass is 16.6. The number of furan rings is 1. The van der Waals surface area contributed by atoms with Crippen LogP contribution in [0, 0.1) is 13.8 Å². The zero-order valence-corrected chi connectivity index (χ0v) is 13.5. The molecule has 3 rings (SSSR count). The number of hydrogen-bond acceptors (Lipinski definition) is 6. The summed E-state index contributed by atoms with van der Waals surface area (Å²) in [6.07, 6.45) is 0. The number of carbonyl (C=O) groups excluding carboxylic acids is 1. The molecule has 0 amide bonds. The van der Waals surface area contributed by atoms with E-state index in [0.717, 1.165) is 5.39 Å². The van der Waals surface area contributed by atoms with Crippen LogP contribution in [0.25, 0.3) is 22.5 Å². The molecule has 0 radical (unpaired) electrons. The molecule has 0 atom stereocenters. The minimum atomic E-state index is -0.593. The van der Waals surface area contributed by atoms with Gasteiger partial charge in [-0.3, -0.25) is 0 Å². The van der Waals surface area contributed by atoms with Gasteiger partial charge in [0.15, 0.2) is 11.5 Å². The molecule has 0 saturated heterocycles. The third kappa shape index (κ3) is 2.83. The molecule has 0 saturated carbocycles. The summed E-state index contributed by atoms with van der Waals surface area (Å²) < 4.78 is 21.1. The minimum Gasteiger partial charge on any atom is -0.453 e. The molecule has 0 bridgehead atoms. The Hall–Kier alpha value is -2.86. The zero-order chi connectivity index (χ0) is 17.3. The van der Waals surface area contributed by atoms with E-state index < -0.39 is 11.6 Å². The van der Waals surface area contributed by atoms with Crippen molar-refractivity contribution in [2.24, 2.45) is 0 Å². The predicted molar refractivity (Wildman–Crippen MR) is 87.2 cm³/mol. The number of hydrogen-bond donors (Lipinski definition) is 0. The van der Waals surface area contributed by atoms with E-state index in [1.54, 1.807) is 13.0 Å². The fourth-order valence-corrected chi connectivity index (χ4v) is 2.47. The Morgan fingerprint density at radius 1 is 1.12 bits per heavy atom. The van der Waals surface area contributed by atoms with E-state index in [1.165, 1.54) is 14.0 Å². The molecule has 0 aliphatic carbocycles. The summed E-state index contributed by atoms with van der Waals surface area (Å²) in [5.74, 6) is 0.213. The fourth-order valence-electron chi connectivity index (χ4n) is 2.47. The van der Waals surface area contributed by atoms with Gasteiger partial charge in [0.05, 0.1) is 5.56 Å². The van der Waals surface area contributed by atoms with Gasteiger partial charge in [0.25, 0.3) is 0 Å². The van der Waals surface area contributed by atoms with Crippen molar-refractivity contribution >= 4 is 16.9 Å². The highest BCUT2D eigenvalue weighted by Crippen LogP contribution is 2.34. The number of para-hydroxylation sites is 1. The third-order valence-corrected chi connectivity index (χ3v) is 3.65. The molecule has 124 valence electrons. The van der Waals surface area contributed by atoms with Gasteiger partial charge in [0.2, 0.25) is 0 Å². The molecule has 0 fully saturated rings. The zero-order valence-electron chi connectivity index (χ0n) is 13.5. The van der Waals surface area contributed by atoms with Crippen LogP contribution in [-0.2, 0) is 9.53 Å². The van der Waals surface area contributed by atoms with E-state index in [-0.39, 0.29) is 23.7 Å². The molecule has 3 aromatic rings. The summed E-state index contributed by atoms with van der Waals surface area (Å²) in [5.41, 5.74) is 0.816. The van der Waals surface area contributed by atoms with Crippen molar-refractivity contribution in [3.63, 3.8) is 0 Å². The molecule has 6 nitrogen and oxygen atoms in total. The van der Waals surface area contributed by atoms with Crippen LogP contribution in [0.4, 0.5) is 0 Å². The minimum absolute atomic E-state index is 0.170. The van der Waals surface area contributed by atoms with Gasteiger partial charge < -0.3 is 18.3 Å². The van der Waals surface area contributed by atoms with Crippen molar-refractivity contribution in [1.29, 1.82) is 0 Å². The molecule has 24 heavy (non-hydrogen) atoms. The molecular formula is C18H16O6. The first-order valence-electron chi connectivity index (χ1n) is 7.34. The number of esters is 1. The molecule has 0 aliphatic heterocycles. The van der Waals surface area contributed by atoms with E-state index in [4.69, 9.17) is 18.3 Å². The standard InChI is InChI=1S/C18H16O6/c1-10-16(23-15(19)9-21-3)11(2)18(20)24-17(10)14-8-12-6-4-5-7-13(12)22-14/h4-8H,9H2,1-3H3. The molecule has 2 heterocycles. The van der Waals surface area contributed by atoms with Gasteiger partial charge >= 0.3 is 11.6 Å². The summed E-state index contributed by atoms with van der Waals surface area (Å²) in [6.45, 7) is 3.03. The Morgan fingerprint density at radius 2 is 1.88 bits per heavy atom. The number of fused-ring (bicyclic) bond motifs is 1. The average molecular weight is 328 g/mol. The summed E-state index contributed by atoms with van der Waals surface area (Å²) in [7, 11) is 1.39. The molecule has 1 aromatic carbocycles. The van der Waals surface area contributed by atoms with Crippen LogP contribution in [0.2, 0.25) is 0 Å². The fraction of sp³-hybridized carbons (Fsp3) is 0.222. The highest BCUT2D eigenvalue weighted by molar-refractivity contribution is 5.83. The van der Waals surface area contributed by atoms with Crippen LogP contribution in [0.5, 0.6) is 5.75 Å². The monoisotopic (exact) mass is 328 g/mol. The molecule has 0 unspecified atom stereocenters. The maximum atomic E-state index is 12.1. The van der Waals surface area contributed by atoms with E-state index in [0.29, 0.717) is 16.9 Å². The van der Waals surface area contributed by atoms with Gasteiger partial charge in [-0.25, -0.2) is 9.59 Å². The van der Waals surface area contributed by atoms with Gasteiger partial charge in [0, 0.05) is 18.1 Å². The summed E-state index contributed by atoms with van der Waals surface area (Å²) in [6, 6.07) is 9.23. The van der Waals surface area contributed by atoms with Gasteiger partial charge in [-0.2, -0.15) is 0 Å². The van der Waals surface area contributed by atoms with Crippen molar-refractivity contribution in [1.82, 2.24) is 0 Å². The van der Waals surface area contributed by atoms with Crippen molar-refractivity contribution < 1.29 is 23.1 Å². The van der Waals surface area contributed by atoms with E-state index in [1.807, 2.05) is 24.3 Å². The Bertz CT molecular complexity index is 930. The highest BCUT2D eigenvalue weighted by Gasteiger charge is 2.21. The number of rotatable bonds is 4. The largest absolute Gasteiger partial charge is 0.453 e. The lowest BCUT2D eigenvalue weighted by Crippen LogP contribution is -2.18. The summed E-state index contributed by atoms with van der Waals surface area (Å²) in [5, 5.41) is 0.882. The lowest BCUT2D eigenvalue weighted by molar-refractivity contribution is -0.138. The lowest BCUT2D eigenvalue weighted by atomic mass is 10.1. The molecule has 0 N–H and O–H groups in total. The number of benzene rings is 1. The predicted octanol–water partition coefficient (Wildman–Crippen LogP) is 3.22. The van der Waals surface area contributed by atoms with Gasteiger partial charge in [-0.1, -0.05) is 18.2 Å². The first-order chi connectivity index (χ1) is 11.5. The van der Waals surface area contributed by atoms with Gasteiger partial charge in [-0.05, 0) is 26.0 Å². The first kappa shape index (κ1) is 16.0. The van der Waals surface area contributed by atoms with E-state index >= 15 is 0 Å². The van der Waals surface area contributed by atoms with Crippen LogP contribution in [0.15, 0.2) is 44.0 Å². The number of ether oxygens (including phenoxy) is 2. The van der Waals surface area contributed by atoms with Crippen molar-refractivity contribution in [2.45, 2.75) is 13.8 Å². The van der Waals surface area contributed by atoms with Crippen LogP contribution in [0.1, 0.15) is 11.1 Å². The number of carbonyl (C=O) groups is 1. The average Bonchev–Trinajstić information content (AvgIpc) is 2.99. The van der Waals surface area contributed by atoms with Gasteiger partial charge in [-0.15, -0.1) is 0 Å². The second-order valence-corrected chi connectivity index (χ2v) is 5.35. The van der Waals surface area contributed by atoms with Crippen LogP contribution in [-0.4, -0.2) is 19.7 Å². The molecular weight excluding hydrogens is 312 g/mol. The summed E-state index contributed by atoms with van der Waals surface area (Å²) >= 11 is 0. The van der Waals surface area contributed by atoms with E-state index in [2.05, 4.69) is 0 Å². The number of methoxy groups -OCH3 is 1. The normalized spacial score (nSPS) is 11.0. The van der Waals surface area contributed by atoms with Crippen molar-refractivity contribution in [3.8, 4) is 17.3 Å². The molecule has 2 aromatic heterocycles. The topological polar surface area (TPSA) is 78.9 Å². The first-order valence-corrected chi connectivity index (χ1v) is 7.34. The second-order valence-electron chi connectivity index (χ2n) is 5.35. The Morgan fingerprint density at radius 3 is 2.58 bits per heavy atom. The maximum Gasteiger partial charge on any atom is 0.343 e. The molecule has 0 aliphatic rings. The quantitative estimate of drug-likeness (QED) is 0.684. The smallest absolute Gasteiger partial charge is 0.343 e. The second kappa shape index (κ2) is 6.33. The van der Waals surface area contributed by atoms with E-state index in [9.17, 15) is 9.59 Å².